The summed E-state index contributed by atoms with van der Waals surface area (Å²) in [6.07, 6.45) is 6.42. The lowest BCUT2D eigenvalue weighted by Crippen LogP contribution is -2.13. The Morgan fingerprint density at radius 2 is 2.06 bits per heavy atom. The number of ketones is 1. The number of hydrogen-bond donors (Lipinski definition) is 0. The van der Waals surface area contributed by atoms with Crippen molar-refractivity contribution in [1.82, 2.24) is 0 Å². The van der Waals surface area contributed by atoms with Gasteiger partial charge in [-0.05, 0) is 42.4 Å². The Labute approximate surface area is 104 Å². The predicted molar refractivity (Wildman–Crippen MR) is 71.3 cm³/mol. The first kappa shape index (κ1) is 12.3. The van der Waals surface area contributed by atoms with Crippen LogP contribution in [0, 0.1) is 5.92 Å². The van der Waals surface area contributed by atoms with Crippen molar-refractivity contribution in [3.05, 3.63) is 34.9 Å². The molecule has 0 heterocycles. The molecule has 0 bridgehead atoms. The van der Waals surface area contributed by atoms with Crippen molar-refractivity contribution in [3.8, 4) is 0 Å². The third-order valence-electron chi connectivity index (χ3n) is 3.81. The van der Waals surface area contributed by atoms with Gasteiger partial charge in [-0.1, -0.05) is 38.5 Å². The Kier molecular flexibility index (Phi) is 3.98. The van der Waals surface area contributed by atoms with Gasteiger partial charge in [-0.3, -0.25) is 4.79 Å². The second kappa shape index (κ2) is 5.48. The zero-order chi connectivity index (χ0) is 12.3. The summed E-state index contributed by atoms with van der Waals surface area (Å²) in [7, 11) is 0. The molecule has 1 heteroatoms. The van der Waals surface area contributed by atoms with E-state index in [1.807, 2.05) is 0 Å². The number of benzene rings is 1. The average molecular weight is 230 g/mol. The molecule has 0 aliphatic heterocycles. The Morgan fingerprint density at radius 3 is 2.82 bits per heavy atom. The molecule has 17 heavy (non-hydrogen) atoms. The molecule has 0 saturated carbocycles. The molecule has 0 amide bonds. The van der Waals surface area contributed by atoms with Crippen LogP contribution >= 0.6 is 0 Å². The molecule has 1 aliphatic carbocycles. The van der Waals surface area contributed by atoms with Gasteiger partial charge < -0.3 is 0 Å². The van der Waals surface area contributed by atoms with Crippen molar-refractivity contribution >= 4 is 5.78 Å². The first-order valence-corrected chi connectivity index (χ1v) is 6.84. The van der Waals surface area contributed by atoms with Gasteiger partial charge in [0.1, 0.15) is 5.78 Å². The van der Waals surface area contributed by atoms with Gasteiger partial charge in [0.25, 0.3) is 0 Å². The quantitative estimate of drug-likeness (QED) is 0.753. The van der Waals surface area contributed by atoms with Crippen LogP contribution in [0.5, 0.6) is 0 Å². The lowest BCUT2D eigenvalue weighted by atomic mass is 9.94. The molecule has 92 valence electrons. The molecule has 1 unspecified atom stereocenters. The Balaban J connectivity index is 2.01. The van der Waals surface area contributed by atoms with Gasteiger partial charge in [0.2, 0.25) is 0 Å². The van der Waals surface area contributed by atoms with Crippen LogP contribution in [0.4, 0.5) is 0 Å². The maximum absolute atomic E-state index is 12.0. The number of hydrogen-bond acceptors (Lipinski definition) is 1. The second-order valence-corrected chi connectivity index (χ2v) is 5.29. The van der Waals surface area contributed by atoms with Crippen LogP contribution in [0.2, 0.25) is 0 Å². The minimum absolute atomic E-state index is 0.216. The summed E-state index contributed by atoms with van der Waals surface area (Å²) in [6.45, 7) is 4.19. The average Bonchev–Trinajstić information content (AvgIpc) is 2.76. The largest absolute Gasteiger partial charge is 0.299 e. The highest BCUT2D eigenvalue weighted by molar-refractivity contribution is 5.83. The van der Waals surface area contributed by atoms with Crippen molar-refractivity contribution in [2.24, 2.45) is 5.92 Å². The number of aryl methyl sites for hydroxylation is 2. The standard InChI is InChI=1S/C16H22O/c1-3-5-12(2)16(17)11-13-8-9-14-6-4-7-15(14)10-13/h8-10,12H,3-7,11H2,1-2H3. The van der Waals surface area contributed by atoms with E-state index in [2.05, 4.69) is 32.0 Å². The topological polar surface area (TPSA) is 17.1 Å². The monoisotopic (exact) mass is 230 g/mol. The lowest BCUT2D eigenvalue weighted by Gasteiger charge is -2.09. The minimum atomic E-state index is 0.216. The van der Waals surface area contributed by atoms with E-state index in [4.69, 9.17) is 0 Å². The molecule has 0 spiro atoms. The molecule has 0 aromatic heterocycles. The molecule has 1 aliphatic rings. The zero-order valence-electron chi connectivity index (χ0n) is 11.0. The maximum Gasteiger partial charge on any atom is 0.140 e. The molecule has 1 aromatic rings. The van der Waals surface area contributed by atoms with E-state index >= 15 is 0 Å². The number of fused-ring (bicyclic) bond motifs is 1. The van der Waals surface area contributed by atoms with Gasteiger partial charge in [0, 0.05) is 12.3 Å². The highest BCUT2D eigenvalue weighted by Crippen LogP contribution is 2.23. The number of Topliss-reactive ketones (excluding diaryl/α,β-unsaturated/α-hetero) is 1. The maximum atomic E-state index is 12.0. The fourth-order valence-corrected chi connectivity index (χ4v) is 2.70. The van der Waals surface area contributed by atoms with Gasteiger partial charge in [0.05, 0.1) is 0 Å². The van der Waals surface area contributed by atoms with Crippen LogP contribution in [0.3, 0.4) is 0 Å². The molecule has 1 nitrogen and oxygen atoms in total. The molecular weight excluding hydrogens is 208 g/mol. The summed E-state index contributed by atoms with van der Waals surface area (Å²) in [6, 6.07) is 6.61. The predicted octanol–water partition coefficient (Wildman–Crippen LogP) is 3.72. The van der Waals surface area contributed by atoms with E-state index in [9.17, 15) is 4.79 Å². The van der Waals surface area contributed by atoms with Crippen LogP contribution < -0.4 is 0 Å². The molecule has 2 rings (SSSR count). The first-order valence-electron chi connectivity index (χ1n) is 6.84. The third kappa shape index (κ3) is 2.96. The van der Waals surface area contributed by atoms with Crippen LogP contribution in [0.1, 0.15) is 49.8 Å². The van der Waals surface area contributed by atoms with Crippen molar-refractivity contribution in [3.63, 3.8) is 0 Å². The van der Waals surface area contributed by atoms with Crippen LogP contribution in [-0.4, -0.2) is 5.78 Å². The van der Waals surface area contributed by atoms with E-state index in [-0.39, 0.29) is 5.92 Å². The summed E-state index contributed by atoms with van der Waals surface area (Å²) in [5.74, 6) is 0.609. The fraction of sp³-hybridized carbons (Fsp3) is 0.562. The van der Waals surface area contributed by atoms with Crippen LogP contribution in [0.15, 0.2) is 18.2 Å². The summed E-state index contributed by atoms with van der Waals surface area (Å²) in [5.41, 5.74) is 4.17. The van der Waals surface area contributed by atoms with E-state index in [0.717, 1.165) is 12.8 Å². The molecule has 1 aromatic carbocycles. The van der Waals surface area contributed by atoms with Gasteiger partial charge in [-0.15, -0.1) is 0 Å². The first-order chi connectivity index (χ1) is 8.20. The SMILES string of the molecule is CCCC(C)C(=O)Cc1ccc2c(c1)CCC2. The number of rotatable bonds is 5. The molecule has 0 fully saturated rings. The van der Waals surface area contributed by atoms with E-state index in [1.165, 1.54) is 36.0 Å². The van der Waals surface area contributed by atoms with E-state index in [0.29, 0.717) is 12.2 Å². The van der Waals surface area contributed by atoms with Gasteiger partial charge >= 0.3 is 0 Å². The molecule has 1 atom stereocenters. The number of carbonyl (C=O) groups excluding carboxylic acids is 1. The van der Waals surface area contributed by atoms with E-state index in [1.54, 1.807) is 0 Å². The van der Waals surface area contributed by atoms with E-state index < -0.39 is 0 Å². The third-order valence-corrected chi connectivity index (χ3v) is 3.81. The summed E-state index contributed by atoms with van der Waals surface area (Å²) >= 11 is 0. The van der Waals surface area contributed by atoms with Crippen molar-refractivity contribution < 1.29 is 4.79 Å². The normalized spacial score (nSPS) is 15.6. The highest BCUT2D eigenvalue weighted by atomic mass is 16.1. The van der Waals surface area contributed by atoms with Gasteiger partial charge in [-0.2, -0.15) is 0 Å². The molecule has 0 N–H and O–H groups in total. The molecule has 0 radical (unpaired) electrons. The summed E-state index contributed by atoms with van der Waals surface area (Å²) < 4.78 is 0. The number of carbonyl (C=O) groups is 1. The Bertz CT molecular complexity index is 406. The van der Waals surface area contributed by atoms with Crippen LogP contribution in [-0.2, 0) is 24.1 Å². The van der Waals surface area contributed by atoms with Gasteiger partial charge in [-0.25, -0.2) is 0 Å². The zero-order valence-corrected chi connectivity index (χ0v) is 11.0. The Morgan fingerprint density at radius 1 is 1.29 bits per heavy atom. The molecule has 0 saturated heterocycles. The summed E-state index contributed by atoms with van der Waals surface area (Å²) in [4.78, 5) is 12.0. The summed E-state index contributed by atoms with van der Waals surface area (Å²) in [5, 5.41) is 0. The molecular formula is C16H22O. The van der Waals surface area contributed by atoms with Crippen LogP contribution in [0.25, 0.3) is 0 Å². The van der Waals surface area contributed by atoms with Crippen molar-refractivity contribution in [1.29, 1.82) is 0 Å². The Hall–Kier alpha value is -1.11. The minimum Gasteiger partial charge on any atom is -0.299 e. The highest BCUT2D eigenvalue weighted by Gasteiger charge is 2.15. The second-order valence-electron chi connectivity index (χ2n) is 5.29. The van der Waals surface area contributed by atoms with Crippen molar-refractivity contribution in [2.45, 2.75) is 52.4 Å². The smallest absolute Gasteiger partial charge is 0.140 e. The lowest BCUT2D eigenvalue weighted by molar-refractivity contribution is -0.121. The van der Waals surface area contributed by atoms with Gasteiger partial charge in [0.15, 0.2) is 0 Å². The van der Waals surface area contributed by atoms with Crippen molar-refractivity contribution in [2.75, 3.05) is 0 Å². The fourth-order valence-electron chi connectivity index (χ4n) is 2.70.